The van der Waals surface area contributed by atoms with Crippen LogP contribution < -0.4 is 15.9 Å². The molecule has 2 saturated heterocycles. The molecule has 2 bridgehead atoms. The molecular weight excluding hydrogens is 793 g/mol. The van der Waals surface area contributed by atoms with Crippen LogP contribution in [0, 0.1) is 13.6 Å². The summed E-state index contributed by atoms with van der Waals surface area (Å²) in [7, 11) is -0.446. The van der Waals surface area contributed by atoms with Gasteiger partial charge in [-0.3, -0.25) is 9.97 Å². The van der Waals surface area contributed by atoms with Crippen LogP contribution in [-0.4, -0.2) is 28.4 Å². The molecule has 0 spiro atoms. The van der Waals surface area contributed by atoms with Gasteiger partial charge in [0.1, 0.15) is 0 Å². The molecule has 1 radical (unpaired) electrons. The summed E-state index contributed by atoms with van der Waals surface area (Å²) in [6, 6.07) is 52.5. The molecule has 0 amide bonds. The third kappa shape index (κ3) is 10.1. The number of hydrogen-bond donors (Lipinski definition) is 0. The molecule has 2 fully saturated rings. The molecule has 5 heterocycles. The van der Waals surface area contributed by atoms with Crippen LogP contribution >= 0.6 is 7.92 Å². The topological polar surface area (TPSA) is 84.5 Å². The Hall–Kier alpha value is -4.82. The van der Waals surface area contributed by atoms with Gasteiger partial charge in [0.05, 0.1) is 11.6 Å². The summed E-state index contributed by atoms with van der Waals surface area (Å²) in [5, 5.41) is 8.98. The maximum absolute atomic E-state index is 7.50. The Kier molecular flexibility index (Phi) is 14.9. The van der Waals surface area contributed by atoms with Crippen LogP contribution in [0.5, 0.6) is 0 Å². The Bertz CT molecular complexity index is 2140. The van der Waals surface area contributed by atoms with E-state index in [1.807, 2.05) is 49.4 Å². The minimum absolute atomic E-state index is 0. The number of aliphatic imine (C=N–C) groups is 2. The summed E-state index contributed by atoms with van der Waals surface area (Å²) in [5.74, 6) is 4.47. The predicted molar refractivity (Wildman–Crippen MR) is 229 cm³/mol. The standard InChI is InChI=1S/C28H29BN5.C18H15P.CO.Ru/c1-19-8-4-16-25(30-19)32-27-23-14-2-3-15-24(23)28(34-27)33-26-17-7-13-22(31-26)18-29-20-9-5-10-21(29)12-6-11-20;1-4-10-16(11-5-1)19(17-12-6-2-7-13-17)18-14-8-3-9-15-18;1-2;/h2-4,7-8,13-17,20-21H,5-6,9-12,18H2,1H3;1-15H;;/q-2;;;+2. The normalized spacial score (nSPS) is 18.4. The van der Waals surface area contributed by atoms with E-state index in [4.69, 9.17) is 24.9 Å². The van der Waals surface area contributed by atoms with E-state index in [1.54, 1.807) is 0 Å². The number of fused-ring (bicyclic) bond motifs is 3. The fourth-order valence-electron chi connectivity index (χ4n) is 8.28. The molecule has 279 valence electrons. The second-order valence-corrected chi connectivity index (χ2v) is 16.5. The number of amidine groups is 2. The average molecular weight is 838 g/mol. The number of aryl methyl sites for hydroxylation is 1. The van der Waals surface area contributed by atoms with Gasteiger partial charge in [-0.2, -0.15) is 18.0 Å². The van der Waals surface area contributed by atoms with E-state index in [0.29, 0.717) is 17.5 Å². The van der Waals surface area contributed by atoms with Crippen molar-refractivity contribution in [2.45, 2.75) is 63.4 Å². The summed E-state index contributed by atoms with van der Waals surface area (Å²) in [6.07, 6.45) is 9.50. The van der Waals surface area contributed by atoms with Crippen LogP contribution in [-0.2, 0) is 30.5 Å². The molecule has 0 aliphatic carbocycles. The van der Waals surface area contributed by atoms with E-state index in [9.17, 15) is 0 Å². The van der Waals surface area contributed by atoms with Crippen LogP contribution in [0.15, 0.2) is 162 Å². The molecule has 0 unspecified atom stereocenters. The van der Waals surface area contributed by atoms with E-state index in [-0.39, 0.29) is 19.5 Å². The molecule has 0 atom stereocenters. The first-order chi connectivity index (χ1) is 27.2. The van der Waals surface area contributed by atoms with Crippen molar-refractivity contribution in [3.05, 3.63) is 186 Å². The van der Waals surface area contributed by atoms with Gasteiger partial charge in [-0.1, -0.05) is 166 Å². The minimum Gasteiger partial charge on any atom is -0.0622 e. The first kappa shape index (κ1) is 40.8. The predicted octanol–water partition coefficient (Wildman–Crippen LogP) is 10.4. The number of aromatic nitrogens is 2. The first-order valence-corrected chi connectivity index (χ1v) is 20.6. The Morgan fingerprint density at radius 2 is 1.02 bits per heavy atom. The van der Waals surface area contributed by atoms with Gasteiger partial charge in [-0.25, -0.2) is 0 Å². The zero-order valence-electron chi connectivity index (χ0n) is 31.6. The van der Waals surface area contributed by atoms with Crippen LogP contribution in [0.4, 0.5) is 11.6 Å². The minimum atomic E-state index is -0.446. The number of rotatable bonds is 7. The van der Waals surface area contributed by atoms with Crippen molar-refractivity contribution in [1.82, 2.24) is 9.97 Å². The van der Waals surface area contributed by atoms with Crippen molar-refractivity contribution < 1.29 is 24.1 Å². The van der Waals surface area contributed by atoms with E-state index in [0.717, 1.165) is 53.0 Å². The van der Waals surface area contributed by atoms with Crippen molar-refractivity contribution in [3.63, 3.8) is 0 Å². The van der Waals surface area contributed by atoms with Crippen LogP contribution in [0.3, 0.4) is 0 Å². The second-order valence-electron chi connectivity index (χ2n) is 14.2. The number of benzene rings is 4. The zero-order chi connectivity index (χ0) is 37.8. The fraction of sp³-hybridized carbons (Fsp3) is 0.213. The molecular formula is C47H44BN5OPRu. The molecule has 3 aliphatic heterocycles. The molecule has 9 heteroatoms. The second kappa shape index (κ2) is 20.4. The molecule has 6 nitrogen and oxygen atoms in total. The van der Waals surface area contributed by atoms with Gasteiger partial charge in [0.25, 0.3) is 0 Å². The van der Waals surface area contributed by atoms with Crippen molar-refractivity contribution in [2.24, 2.45) is 9.98 Å². The molecule has 4 aromatic carbocycles. The summed E-state index contributed by atoms with van der Waals surface area (Å²) in [5.41, 5.74) is 4.07. The van der Waals surface area contributed by atoms with Crippen molar-refractivity contribution in [2.75, 3.05) is 0 Å². The summed E-state index contributed by atoms with van der Waals surface area (Å²) >= 11 is 0. The Balaban J connectivity index is 0.000000206. The van der Waals surface area contributed by atoms with Gasteiger partial charge in [0, 0.05) is 23.1 Å². The van der Waals surface area contributed by atoms with Crippen LogP contribution in [0.25, 0.3) is 5.32 Å². The Labute approximate surface area is 345 Å². The van der Waals surface area contributed by atoms with Gasteiger partial charge in [-0.05, 0) is 66.2 Å². The number of pyridine rings is 2. The van der Waals surface area contributed by atoms with Crippen LogP contribution in [0.2, 0.25) is 11.6 Å². The third-order valence-corrected chi connectivity index (χ3v) is 13.2. The fourth-order valence-corrected chi connectivity index (χ4v) is 10.6. The molecule has 2 aromatic heterocycles. The van der Waals surface area contributed by atoms with Gasteiger partial charge in [0.15, 0.2) is 0 Å². The van der Waals surface area contributed by atoms with Crippen molar-refractivity contribution >= 4 is 53.9 Å². The summed E-state index contributed by atoms with van der Waals surface area (Å²) in [6.45, 7) is 7.26. The summed E-state index contributed by atoms with van der Waals surface area (Å²) in [4.78, 5) is 19.1. The summed E-state index contributed by atoms with van der Waals surface area (Å²) < 4.78 is 7.50. The van der Waals surface area contributed by atoms with Crippen molar-refractivity contribution in [1.29, 1.82) is 0 Å². The monoisotopic (exact) mass is 838 g/mol. The smallest absolute Gasteiger partial charge is 0.0622 e. The largest absolute Gasteiger partial charge is 2.00 e. The number of nitrogens with zero attached hydrogens (tertiary/aromatic N) is 5. The van der Waals surface area contributed by atoms with Gasteiger partial charge >= 0.3 is 30.8 Å². The third-order valence-electron chi connectivity index (χ3n) is 10.7. The van der Waals surface area contributed by atoms with E-state index in [1.165, 1.54) is 54.4 Å². The molecule has 3 aliphatic rings. The molecule has 56 heavy (non-hydrogen) atoms. The molecule has 0 saturated carbocycles. The molecule has 9 rings (SSSR count). The maximum atomic E-state index is 7.50. The van der Waals surface area contributed by atoms with E-state index < -0.39 is 7.92 Å². The molecule has 0 N–H and O–H groups in total. The maximum Gasteiger partial charge on any atom is 2.00 e. The number of hydrogen-bond acceptors (Lipinski definition) is 4. The van der Waals surface area contributed by atoms with E-state index >= 15 is 0 Å². The average Bonchev–Trinajstić information content (AvgIpc) is 3.56. The molecule has 6 aromatic rings. The Morgan fingerprint density at radius 1 is 0.589 bits per heavy atom. The zero-order valence-corrected chi connectivity index (χ0v) is 34.2. The first-order valence-electron chi connectivity index (χ1n) is 19.2. The van der Waals surface area contributed by atoms with Gasteiger partial charge < -0.3 is 15.3 Å². The SMILES string of the molecule is Cc1cccc(/N=C2\[N-]/C(=N\c3cccc(C[B-]4C5CCCC4CCC5)n3)c3ccccc32)n1.[C-]#[O+].[Ru+2].c1ccc(P(c2ccccc2)c2ccccc2)cc1. The van der Waals surface area contributed by atoms with Crippen molar-refractivity contribution in [3.8, 4) is 0 Å². The van der Waals surface area contributed by atoms with Gasteiger partial charge in [-0.15, -0.1) is 6.71 Å². The van der Waals surface area contributed by atoms with E-state index in [2.05, 4.69) is 121 Å². The van der Waals surface area contributed by atoms with Crippen LogP contribution in [0.1, 0.15) is 61.0 Å². The Morgan fingerprint density at radius 3 is 1.48 bits per heavy atom. The quantitative estimate of drug-likeness (QED) is 0.0694. The van der Waals surface area contributed by atoms with Gasteiger partial charge in [0.2, 0.25) is 0 Å².